The van der Waals surface area contributed by atoms with Gasteiger partial charge in [0.05, 0.1) is 17.6 Å². The SMILES string of the molecule is COC(=O)c1ccc(C2=C(C=O)SCCCS2)cc1. The summed E-state index contributed by atoms with van der Waals surface area (Å²) in [7, 11) is 1.36. The zero-order chi connectivity index (χ0) is 13.7. The first-order chi connectivity index (χ1) is 9.26. The number of esters is 1. The molecule has 1 aliphatic rings. The molecule has 0 N–H and O–H groups in total. The van der Waals surface area contributed by atoms with Gasteiger partial charge in [0.2, 0.25) is 0 Å². The maximum atomic E-state index is 11.4. The average Bonchev–Trinajstić information content (AvgIpc) is 2.71. The number of carbonyl (C=O) groups is 2. The van der Waals surface area contributed by atoms with Crippen LogP contribution in [0.25, 0.3) is 4.91 Å². The molecule has 3 nitrogen and oxygen atoms in total. The lowest BCUT2D eigenvalue weighted by Crippen LogP contribution is -2.00. The third-order valence-electron chi connectivity index (χ3n) is 2.69. The average molecular weight is 294 g/mol. The van der Waals surface area contributed by atoms with Crippen molar-refractivity contribution in [1.29, 1.82) is 0 Å². The molecule has 19 heavy (non-hydrogen) atoms. The molecule has 0 atom stereocenters. The molecule has 2 rings (SSSR count). The molecule has 0 spiro atoms. The third kappa shape index (κ3) is 3.42. The van der Waals surface area contributed by atoms with Gasteiger partial charge in [-0.05, 0) is 35.6 Å². The van der Waals surface area contributed by atoms with Crippen LogP contribution in [0.4, 0.5) is 0 Å². The topological polar surface area (TPSA) is 43.4 Å². The molecule has 1 heterocycles. The second-order valence-corrected chi connectivity index (χ2v) is 6.17. The molecule has 0 saturated carbocycles. The van der Waals surface area contributed by atoms with Crippen LogP contribution in [-0.2, 0) is 9.53 Å². The van der Waals surface area contributed by atoms with Gasteiger partial charge in [-0.2, -0.15) is 0 Å². The highest BCUT2D eigenvalue weighted by Gasteiger charge is 2.14. The van der Waals surface area contributed by atoms with E-state index in [1.165, 1.54) is 7.11 Å². The summed E-state index contributed by atoms with van der Waals surface area (Å²) < 4.78 is 4.67. The summed E-state index contributed by atoms with van der Waals surface area (Å²) in [4.78, 5) is 24.3. The lowest BCUT2D eigenvalue weighted by Gasteiger charge is -2.08. The second-order valence-electron chi connectivity index (χ2n) is 3.93. The van der Waals surface area contributed by atoms with Gasteiger partial charge in [-0.3, -0.25) is 4.79 Å². The van der Waals surface area contributed by atoms with Crippen LogP contribution in [0.1, 0.15) is 22.3 Å². The number of allylic oxidation sites excluding steroid dienone is 1. The molecule has 0 saturated heterocycles. The Hall–Kier alpha value is -1.20. The van der Waals surface area contributed by atoms with E-state index in [2.05, 4.69) is 4.74 Å². The van der Waals surface area contributed by atoms with Crippen molar-refractivity contribution in [2.24, 2.45) is 0 Å². The van der Waals surface area contributed by atoms with E-state index in [1.807, 2.05) is 12.1 Å². The fraction of sp³-hybridized carbons (Fsp3) is 0.286. The predicted molar refractivity (Wildman–Crippen MR) is 80.3 cm³/mol. The van der Waals surface area contributed by atoms with E-state index in [1.54, 1.807) is 35.7 Å². The van der Waals surface area contributed by atoms with Crippen molar-refractivity contribution in [2.45, 2.75) is 6.42 Å². The standard InChI is InChI=1S/C14H14O3S2/c1-17-14(16)11-5-3-10(4-6-11)13-12(9-15)18-7-2-8-19-13/h3-6,9H,2,7-8H2,1H3. The molecule has 0 amide bonds. The Morgan fingerprint density at radius 1 is 1.21 bits per heavy atom. The normalized spacial score (nSPS) is 15.8. The Morgan fingerprint density at radius 2 is 1.89 bits per heavy atom. The van der Waals surface area contributed by atoms with Gasteiger partial charge in [-0.15, -0.1) is 23.5 Å². The third-order valence-corrected chi connectivity index (χ3v) is 5.16. The van der Waals surface area contributed by atoms with Crippen LogP contribution in [0.2, 0.25) is 0 Å². The van der Waals surface area contributed by atoms with Crippen LogP contribution >= 0.6 is 23.5 Å². The Morgan fingerprint density at radius 3 is 2.53 bits per heavy atom. The quantitative estimate of drug-likeness (QED) is 0.632. The number of carbonyl (C=O) groups excluding carboxylic acids is 2. The number of ether oxygens (including phenoxy) is 1. The van der Waals surface area contributed by atoms with Crippen LogP contribution < -0.4 is 0 Å². The zero-order valence-corrected chi connectivity index (χ0v) is 12.2. The molecule has 1 aromatic carbocycles. The number of rotatable bonds is 3. The Labute approximate surface area is 120 Å². The summed E-state index contributed by atoms with van der Waals surface area (Å²) in [6, 6.07) is 7.19. The predicted octanol–water partition coefficient (Wildman–Crippen LogP) is 3.21. The Balaban J connectivity index is 2.31. The molecule has 1 aliphatic heterocycles. The smallest absolute Gasteiger partial charge is 0.337 e. The van der Waals surface area contributed by atoms with Gasteiger partial charge in [0.15, 0.2) is 6.29 Å². The van der Waals surface area contributed by atoms with Gasteiger partial charge in [0.1, 0.15) is 0 Å². The maximum absolute atomic E-state index is 11.4. The highest BCUT2D eigenvalue weighted by molar-refractivity contribution is 8.11. The van der Waals surface area contributed by atoms with Gasteiger partial charge in [-0.1, -0.05) is 12.1 Å². The van der Waals surface area contributed by atoms with E-state index in [0.29, 0.717) is 5.56 Å². The molecule has 0 aromatic heterocycles. The van der Waals surface area contributed by atoms with Crippen molar-refractivity contribution in [3.8, 4) is 0 Å². The van der Waals surface area contributed by atoms with Crippen molar-refractivity contribution in [3.63, 3.8) is 0 Å². The first kappa shape index (κ1) is 14.2. The van der Waals surface area contributed by atoms with Crippen LogP contribution in [0.5, 0.6) is 0 Å². The number of thioether (sulfide) groups is 2. The molecule has 5 heteroatoms. The van der Waals surface area contributed by atoms with E-state index in [4.69, 9.17) is 0 Å². The molecular weight excluding hydrogens is 280 g/mol. The lowest BCUT2D eigenvalue weighted by molar-refractivity contribution is -0.104. The largest absolute Gasteiger partial charge is 0.465 e. The summed E-state index contributed by atoms with van der Waals surface area (Å²) in [5.74, 6) is 1.64. The zero-order valence-electron chi connectivity index (χ0n) is 10.5. The van der Waals surface area contributed by atoms with Crippen LogP contribution in [0, 0.1) is 0 Å². The van der Waals surface area contributed by atoms with Crippen LogP contribution in [0.15, 0.2) is 29.2 Å². The van der Waals surface area contributed by atoms with E-state index in [9.17, 15) is 9.59 Å². The first-order valence-corrected chi connectivity index (χ1v) is 7.87. The lowest BCUT2D eigenvalue weighted by atomic mass is 10.1. The minimum Gasteiger partial charge on any atom is -0.465 e. The van der Waals surface area contributed by atoms with Crippen molar-refractivity contribution in [2.75, 3.05) is 18.6 Å². The van der Waals surface area contributed by atoms with Gasteiger partial charge in [-0.25, -0.2) is 4.79 Å². The number of aldehydes is 1. The molecule has 0 radical (unpaired) electrons. The molecule has 1 aromatic rings. The fourth-order valence-electron chi connectivity index (χ4n) is 1.74. The van der Waals surface area contributed by atoms with Crippen LogP contribution in [-0.4, -0.2) is 30.9 Å². The Kier molecular flexibility index (Phi) is 5.10. The highest BCUT2D eigenvalue weighted by atomic mass is 32.2. The Bertz CT molecular complexity index is 506. The molecule has 100 valence electrons. The van der Waals surface area contributed by atoms with Crippen molar-refractivity contribution < 1.29 is 14.3 Å². The molecule has 0 aliphatic carbocycles. The van der Waals surface area contributed by atoms with Crippen molar-refractivity contribution in [3.05, 3.63) is 40.3 Å². The summed E-state index contributed by atoms with van der Waals surface area (Å²) in [6.45, 7) is 0. The first-order valence-electron chi connectivity index (χ1n) is 5.90. The van der Waals surface area contributed by atoms with E-state index in [0.717, 1.165) is 39.6 Å². The maximum Gasteiger partial charge on any atom is 0.337 e. The molecular formula is C14H14O3S2. The molecule has 0 bridgehead atoms. The second kappa shape index (κ2) is 6.82. The van der Waals surface area contributed by atoms with Crippen LogP contribution in [0.3, 0.4) is 0 Å². The summed E-state index contributed by atoms with van der Waals surface area (Å²) in [6.07, 6.45) is 2.02. The number of methoxy groups -OCH3 is 1. The van der Waals surface area contributed by atoms with Crippen molar-refractivity contribution >= 4 is 40.7 Å². The van der Waals surface area contributed by atoms with E-state index >= 15 is 0 Å². The van der Waals surface area contributed by atoms with E-state index in [-0.39, 0.29) is 5.97 Å². The fourth-order valence-corrected chi connectivity index (χ4v) is 4.09. The number of benzene rings is 1. The van der Waals surface area contributed by atoms with Gasteiger partial charge < -0.3 is 4.74 Å². The molecule has 0 fully saturated rings. The summed E-state index contributed by atoms with van der Waals surface area (Å²) >= 11 is 3.30. The van der Waals surface area contributed by atoms with Gasteiger partial charge >= 0.3 is 5.97 Å². The monoisotopic (exact) mass is 294 g/mol. The highest BCUT2D eigenvalue weighted by Crippen LogP contribution is 2.38. The summed E-state index contributed by atoms with van der Waals surface area (Å²) in [5, 5.41) is 0. The minimum atomic E-state index is -0.348. The van der Waals surface area contributed by atoms with Gasteiger partial charge in [0, 0.05) is 4.91 Å². The minimum absolute atomic E-state index is 0.348. The van der Waals surface area contributed by atoms with Gasteiger partial charge in [0.25, 0.3) is 0 Å². The molecule has 0 unspecified atom stereocenters. The van der Waals surface area contributed by atoms with E-state index < -0.39 is 0 Å². The number of hydrogen-bond donors (Lipinski definition) is 0. The number of hydrogen-bond acceptors (Lipinski definition) is 5. The summed E-state index contributed by atoms with van der Waals surface area (Å²) in [5.41, 5.74) is 1.50. The van der Waals surface area contributed by atoms with Crippen molar-refractivity contribution in [1.82, 2.24) is 0 Å².